The molecule has 0 aliphatic carbocycles. The van der Waals surface area contributed by atoms with Crippen LogP contribution in [-0.4, -0.2) is 38.0 Å². The second-order valence-corrected chi connectivity index (χ2v) is 7.77. The summed E-state index contributed by atoms with van der Waals surface area (Å²) < 4.78 is 27.0. The van der Waals surface area contributed by atoms with Crippen molar-refractivity contribution in [1.82, 2.24) is 4.31 Å². The van der Waals surface area contributed by atoms with Gasteiger partial charge in [0, 0.05) is 30.3 Å². The van der Waals surface area contributed by atoms with Crippen molar-refractivity contribution in [3.8, 4) is 0 Å². The van der Waals surface area contributed by atoms with Crippen LogP contribution in [0, 0.1) is 0 Å². The lowest BCUT2D eigenvalue weighted by Gasteiger charge is -2.15. The van der Waals surface area contributed by atoms with Crippen LogP contribution in [0.25, 0.3) is 10.1 Å². The van der Waals surface area contributed by atoms with Crippen molar-refractivity contribution in [2.45, 2.75) is 10.6 Å². The van der Waals surface area contributed by atoms with E-state index in [4.69, 9.17) is 16.7 Å². The summed E-state index contributed by atoms with van der Waals surface area (Å²) in [7, 11) is -2.10. The minimum absolute atomic E-state index is 0.0417. The number of aliphatic hydroxyl groups excluding tert-OH is 1. The Morgan fingerprint density at radius 3 is 2.68 bits per heavy atom. The minimum Gasteiger partial charge on any atom is -0.396 e. The number of thiophene rings is 1. The molecular weight excluding hydrogens is 306 g/mol. The first-order chi connectivity index (χ1) is 8.98. The molecule has 0 spiro atoms. The summed E-state index contributed by atoms with van der Waals surface area (Å²) in [5.41, 5.74) is 0. The van der Waals surface area contributed by atoms with E-state index in [1.807, 2.05) is 18.2 Å². The molecule has 1 heterocycles. The van der Waals surface area contributed by atoms with Gasteiger partial charge in [-0.15, -0.1) is 11.3 Å². The van der Waals surface area contributed by atoms with E-state index < -0.39 is 10.0 Å². The Bertz CT molecular complexity index is 681. The third-order valence-electron chi connectivity index (χ3n) is 2.78. The Kier molecular flexibility index (Phi) is 4.47. The van der Waals surface area contributed by atoms with Gasteiger partial charge in [-0.25, -0.2) is 12.7 Å². The third-order valence-corrected chi connectivity index (χ3v) is 6.92. The topological polar surface area (TPSA) is 57.6 Å². The number of nitrogens with zero attached hydrogens (tertiary/aromatic N) is 1. The van der Waals surface area contributed by atoms with Crippen LogP contribution in [0.1, 0.15) is 6.42 Å². The Morgan fingerprint density at radius 1 is 1.37 bits per heavy atom. The average Bonchev–Trinajstić information content (AvgIpc) is 2.74. The summed E-state index contributed by atoms with van der Waals surface area (Å²) >= 11 is 7.34. The van der Waals surface area contributed by atoms with Crippen LogP contribution in [0.2, 0.25) is 5.02 Å². The standard InChI is InChI=1S/C12H14ClNO3S2/c1-14(7-4-8-15)19(16,17)12-11(13)9-5-2-3-6-10(9)18-12/h2-3,5-6,15H,4,7-8H2,1H3. The van der Waals surface area contributed by atoms with Crippen molar-refractivity contribution in [2.24, 2.45) is 0 Å². The molecule has 0 unspecified atom stereocenters. The summed E-state index contributed by atoms with van der Waals surface area (Å²) in [6.45, 7) is 0.226. The molecule has 0 saturated heterocycles. The molecule has 1 aromatic carbocycles. The molecule has 2 rings (SSSR count). The molecule has 0 radical (unpaired) electrons. The van der Waals surface area contributed by atoms with Crippen molar-refractivity contribution in [2.75, 3.05) is 20.2 Å². The zero-order valence-corrected chi connectivity index (χ0v) is 12.7. The van der Waals surface area contributed by atoms with Gasteiger partial charge in [-0.05, 0) is 12.5 Å². The van der Waals surface area contributed by atoms with Gasteiger partial charge in [-0.2, -0.15) is 0 Å². The number of aliphatic hydroxyl groups is 1. The van der Waals surface area contributed by atoms with Crippen LogP contribution in [0.5, 0.6) is 0 Å². The Labute approximate surface area is 121 Å². The van der Waals surface area contributed by atoms with Crippen molar-refractivity contribution >= 4 is 43.0 Å². The van der Waals surface area contributed by atoms with Crippen molar-refractivity contribution in [1.29, 1.82) is 0 Å². The van der Waals surface area contributed by atoms with E-state index in [1.54, 1.807) is 6.07 Å². The molecule has 4 nitrogen and oxygen atoms in total. The van der Waals surface area contributed by atoms with Gasteiger partial charge in [-0.1, -0.05) is 29.8 Å². The molecule has 0 bridgehead atoms. The van der Waals surface area contributed by atoms with Gasteiger partial charge >= 0.3 is 0 Å². The predicted molar refractivity (Wildman–Crippen MR) is 78.4 cm³/mol. The summed E-state index contributed by atoms with van der Waals surface area (Å²) in [6.07, 6.45) is 0.401. The van der Waals surface area contributed by atoms with Gasteiger partial charge in [0.15, 0.2) is 4.21 Å². The number of fused-ring (bicyclic) bond motifs is 1. The molecule has 0 aliphatic rings. The van der Waals surface area contributed by atoms with Gasteiger partial charge in [0.25, 0.3) is 10.0 Å². The highest BCUT2D eigenvalue weighted by Crippen LogP contribution is 2.39. The van der Waals surface area contributed by atoms with Gasteiger partial charge in [-0.3, -0.25) is 0 Å². The first kappa shape index (κ1) is 14.7. The van der Waals surface area contributed by atoms with E-state index in [9.17, 15) is 8.42 Å². The van der Waals surface area contributed by atoms with Gasteiger partial charge < -0.3 is 5.11 Å². The highest BCUT2D eigenvalue weighted by molar-refractivity contribution is 7.91. The fraction of sp³-hybridized carbons (Fsp3) is 0.333. The number of hydrogen-bond donors (Lipinski definition) is 1. The smallest absolute Gasteiger partial charge is 0.253 e. The molecule has 0 saturated carbocycles. The Hall–Kier alpha value is -0.660. The summed E-state index contributed by atoms with van der Waals surface area (Å²) in [6, 6.07) is 7.33. The number of rotatable bonds is 5. The van der Waals surface area contributed by atoms with Crippen molar-refractivity contribution in [3.05, 3.63) is 29.3 Å². The van der Waals surface area contributed by atoms with Crippen LogP contribution < -0.4 is 0 Å². The van der Waals surface area contributed by atoms with E-state index in [0.717, 1.165) is 10.1 Å². The molecule has 0 atom stereocenters. The van der Waals surface area contributed by atoms with Crippen LogP contribution >= 0.6 is 22.9 Å². The number of hydrogen-bond acceptors (Lipinski definition) is 4. The molecule has 104 valence electrons. The maximum Gasteiger partial charge on any atom is 0.253 e. The maximum absolute atomic E-state index is 12.4. The monoisotopic (exact) mass is 319 g/mol. The third kappa shape index (κ3) is 2.78. The Balaban J connectivity index is 2.46. The molecule has 0 aliphatic heterocycles. The first-order valence-corrected chi connectivity index (χ1v) is 8.36. The second kappa shape index (κ2) is 5.76. The van der Waals surface area contributed by atoms with Gasteiger partial charge in [0.05, 0.1) is 5.02 Å². The van der Waals surface area contributed by atoms with Crippen LogP contribution in [-0.2, 0) is 10.0 Å². The quantitative estimate of drug-likeness (QED) is 0.921. The number of benzene rings is 1. The first-order valence-electron chi connectivity index (χ1n) is 5.72. The molecule has 7 heteroatoms. The zero-order chi connectivity index (χ0) is 14.0. The highest BCUT2D eigenvalue weighted by atomic mass is 35.5. The molecule has 1 N–H and O–H groups in total. The summed E-state index contributed by atoms with van der Waals surface area (Å²) in [4.78, 5) is 0. The summed E-state index contributed by atoms with van der Waals surface area (Å²) in [5, 5.41) is 9.80. The van der Waals surface area contributed by atoms with E-state index in [0.29, 0.717) is 6.42 Å². The van der Waals surface area contributed by atoms with E-state index >= 15 is 0 Å². The second-order valence-electron chi connectivity index (χ2n) is 4.10. The largest absolute Gasteiger partial charge is 0.396 e. The lowest BCUT2D eigenvalue weighted by molar-refractivity contribution is 0.276. The SMILES string of the molecule is CN(CCCO)S(=O)(=O)c1sc2ccccc2c1Cl. The van der Waals surface area contributed by atoms with E-state index in [1.165, 1.54) is 22.7 Å². The van der Waals surface area contributed by atoms with E-state index in [2.05, 4.69) is 0 Å². The Morgan fingerprint density at radius 2 is 2.05 bits per heavy atom. The maximum atomic E-state index is 12.4. The molecule has 19 heavy (non-hydrogen) atoms. The fourth-order valence-electron chi connectivity index (χ4n) is 1.71. The number of halogens is 1. The minimum atomic E-state index is -3.59. The van der Waals surface area contributed by atoms with Gasteiger partial charge in [0.1, 0.15) is 0 Å². The predicted octanol–water partition coefficient (Wildman–Crippen LogP) is 2.56. The highest BCUT2D eigenvalue weighted by Gasteiger charge is 2.26. The lowest BCUT2D eigenvalue weighted by atomic mass is 10.3. The number of sulfonamides is 1. The molecule has 0 fully saturated rings. The van der Waals surface area contributed by atoms with Crippen LogP contribution in [0.3, 0.4) is 0 Å². The lowest BCUT2D eigenvalue weighted by Crippen LogP contribution is -2.28. The molecular formula is C12H14ClNO3S2. The van der Waals surface area contributed by atoms with Gasteiger partial charge in [0.2, 0.25) is 0 Å². The average molecular weight is 320 g/mol. The normalized spacial score (nSPS) is 12.4. The molecule has 0 amide bonds. The molecule has 2 aromatic rings. The van der Waals surface area contributed by atoms with Crippen LogP contribution in [0.4, 0.5) is 0 Å². The fourth-order valence-corrected chi connectivity index (χ4v) is 5.23. The van der Waals surface area contributed by atoms with Crippen molar-refractivity contribution in [3.63, 3.8) is 0 Å². The summed E-state index contributed by atoms with van der Waals surface area (Å²) in [5.74, 6) is 0. The van der Waals surface area contributed by atoms with Crippen LogP contribution in [0.15, 0.2) is 28.5 Å². The van der Waals surface area contributed by atoms with E-state index in [-0.39, 0.29) is 22.4 Å². The molecule has 1 aromatic heterocycles. The zero-order valence-electron chi connectivity index (χ0n) is 10.3. The van der Waals surface area contributed by atoms with Crippen molar-refractivity contribution < 1.29 is 13.5 Å².